The van der Waals surface area contributed by atoms with Gasteiger partial charge in [-0.05, 0) is 25.4 Å². The Balaban J connectivity index is 2.62. The first kappa shape index (κ1) is 16.9. The van der Waals surface area contributed by atoms with Crippen LogP contribution in [0.4, 0.5) is 19.0 Å². The maximum absolute atomic E-state index is 11.9. The number of ether oxygens (including phenoxy) is 1. The summed E-state index contributed by atoms with van der Waals surface area (Å²) in [6.45, 7) is 1.69. The predicted molar refractivity (Wildman–Crippen MR) is 67.5 cm³/mol. The molecule has 0 saturated heterocycles. The fraction of sp³-hybridized carbons (Fsp3) is 0.636. The van der Waals surface area contributed by atoms with E-state index in [1.54, 1.807) is 13.8 Å². The molecule has 9 heteroatoms. The maximum Gasteiger partial charge on any atom is 0.411 e. The SMILES string of the molecule is CC(C)(O)CNc1cc(COCC(F)(F)F)nc(Cl)n1. The van der Waals surface area contributed by atoms with Crippen LogP contribution in [0, 0.1) is 0 Å². The molecule has 114 valence electrons. The summed E-state index contributed by atoms with van der Waals surface area (Å²) < 4.78 is 40.3. The smallest absolute Gasteiger partial charge is 0.389 e. The van der Waals surface area contributed by atoms with E-state index in [1.807, 2.05) is 0 Å². The Bertz CT molecular complexity index is 450. The number of halogens is 4. The van der Waals surface area contributed by atoms with Crippen molar-refractivity contribution in [1.82, 2.24) is 9.97 Å². The van der Waals surface area contributed by atoms with Crippen molar-refractivity contribution in [3.8, 4) is 0 Å². The molecule has 0 aliphatic rings. The van der Waals surface area contributed by atoms with Crippen LogP contribution in [0.15, 0.2) is 6.07 Å². The number of anilines is 1. The van der Waals surface area contributed by atoms with Crippen LogP contribution >= 0.6 is 11.6 Å². The van der Waals surface area contributed by atoms with Crippen molar-refractivity contribution in [3.05, 3.63) is 17.0 Å². The second-order valence-electron chi connectivity index (χ2n) is 4.79. The van der Waals surface area contributed by atoms with Gasteiger partial charge in [-0.15, -0.1) is 0 Å². The van der Waals surface area contributed by atoms with Gasteiger partial charge in [0.2, 0.25) is 5.28 Å². The Kier molecular flexibility index (Phi) is 5.55. The average Bonchev–Trinajstić information content (AvgIpc) is 2.23. The molecular formula is C11H15ClF3N3O2. The van der Waals surface area contributed by atoms with E-state index in [0.717, 1.165) is 0 Å². The Morgan fingerprint density at radius 1 is 1.35 bits per heavy atom. The van der Waals surface area contributed by atoms with Gasteiger partial charge in [0, 0.05) is 12.6 Å². The summed E-state index contributed by atoms with van der Waals surface area (Å²) in [6, 6.07) is 1.41. The molecule has 1 aromatic heterocycles. The minimum atomic E-state index is -4.39. The lowest BCUT2D eigenvalue weighted by Crippen LogP contribution is -2.29. The van der Waals surface area contributed by atoms with Crippen molar-refractivity contribution >= 4 is 17.4 Å². The lowest BCUT2D eigenvalue weighted by Gasteiger charge is -2.18. The van der Waals surface area contributed by atoms with Crippen LogP contribution in [0.5, 0.6) is 0 Å². The van der Waals surface area contributed by atoms with Crippen molar-refractivity contribution in [2.24, 2.45) is 0 Å². The summed E-state index contributed by atoms with van der Waals surface area (Å²) in [6.07, 6.45) is -4.39. The van der Waals surface area contributed by atoms with Crippen molar-refractivity contribution in [3.63, 3.8) is 0 Å². The Morgan fingerprint density at radius 3 is 2.55 bits per heavy atom. The fourth-order valence-corrected chi connectivity index (χ4v) is 1.41. The lowest BCUT2D eigenvalue weighted by molar-refractivity contribution is -0.176. The third kappa shape index (κ3) is 7.46. The molecule has 0 atom stereocenters. The molecule has 0 aliphatic heterocycles. The highest BCUT2D eigenvalue weighted by Crippen LogP contribution is 2.17. The van der Waals surface area contributed by atoms with E-state index in [9.17, 15) is 18.3 Å². The van der Waals surface area contributed by atoms with Gasteiger partial charge in [0.15, 0.2) is 0 Å². The van der Waals surface area contributed by atoms with Crippen molar-refractivity contribution in [2.45, 2.75) is 32.2 Å². The Morgan fingerprint density at radius 2 is 2.00 bits per heavy atom. The Hall–Kier alpha value is -1.12. The molecule has 0 aromatic carbocycles. The van der Waals surface area contributed by atoms with Crippen molar-refractivity contribution < 1.29 is 23.0 Å². The number of rotatable bonds is 6. The number of hydrogen-bond donors (Lipinski definition) is 2. The number of nitrogens with one attached hydrogen (secondary N) is 1. The standard InChI is InChI=1S/C11H15ClF3N3O2/c1-10(2,19)5-16-8-3-7(17-9(12)18-8)4-20-6-11(13,14)15/h3,19H,4-6H2,1-2H3,(H,16,17,18). The molecule has 0 aliphatic carbocycles. The normalized spacial score (nSPS) is 12.6. The van der Waals surface area contributed by atoms with Gasteiger partial charge in [-0.25, -0.2) is 9.97 Å². The maximum atomic E-state index is 11.9. The van der Waals surface area contributed by atoms with E-state index in [1.165, 1.54) is 6.07 Å². The first-order valence-corrected chi connectivity index (χ1v) is 6.07. The molecule has 0 spiro atoms. The quantitative estimate of drug-likeness (QED) is 0.789. The van der Waals surface area contributed by atoms with Gasteiger partial charge in [-0.2, -0.15) is 13.2 Å². The van der Waals surface area contributed by atoms with E-state index in [-0.39, 0.29) is 24.1 Å². The molecule has 1 aromatic rings. The van der Waals surface area contributed by atoms with Crippen molar-refractivity contribution in [1.29, 1.82) is 0 Å². The van der Waals surface area contributed by atoms with Gasteiger partial charge < -0.3 is 15.2 Å². The molecule has 0 radical (unpaired) electrons. The van der Waals surface area contributed by atoms with Gasteiger partial charge in [0.1, 0.15) is 12.4 Å². The highest BCUT2D eigenvalue weighted by molar-refractivity contribution is 6.28. The molecule has 20 heavy (non-hydrogen) atoms. The van der Waals surface area contributed by atoms with Crippen LogP contribution in [0.1, 0.15) is 19.5 Å². The van der Waals surface area contributed by atoms with Crippen LogP contribution < -0.4 is 5.32 Å². The lowest BCUT2D eigenvalue weighted by atomic mass is 10.1. The molecule has 1 heterocycles. The molecular weight excluding hydrogens is 299 g/mol. The molecule has 1 rings (SSSR count). The minimum absolute atomic E-state index is 0.114. The van der Waals surface area contributed by atoms with Gasteiger partial charge in [-0.3, -0.25) is 0 Å². The van der Waals surface area contributed by atoms with Gasteiger partial charge in [0.25, 0.3) is 0 Å². The number of aromatic nitrogens is 2. The van der Waals surface area contributed by atoms with E-state index in [2.05, 4.69) is 20.0 Å². The van der Waals surface area contributed by atoms with Crippen LogP contribution in [0.25, 0.3) is 0 Å². The van der Waals surface area contributed by atoms with E-state index in [4.69, 9.17) is 11.6 Å². The summed E-state index contributed by atoms with van der Waals surface area (Å²) in [4.78, 5) is 7.61. The van der Waals surface area contributed by atoms with E-state index in [0.29, 0.717) is 5.82 Å². The zero-order valence-electron chi connectivity index (χ0n) is 11.0. The molecule has 0 amide bonds. The third-order valence-electron chi connectivity index (χ3n) is 1.97. The third-order valence-corrected chi connectivity index (χ3v) is 2.14. The van der Waals surface area contributed by atoms with Crippen molar-refractivity contribution in [2.75, 3.05) is 18.5 Å². The number of alkyl halides is 3. The molecule has 2 N–H and O–H groups in total. The number of hydrogen-bond acceptors (Lipinski definition) is 5. The average molecular weight is 314 g/mol. The largest absolute Gasteiger partial charge is 0.411 e. The van der Waals surface area contributed by atoms with E-state index < -0.39 is 18.4 Å². The predicted octanol–water partition coefficient (Wildman–Crippen LogP) is 2.39. The van der Waals surface area contributed by atoms with Crippen LogP contribution in [0.2, 0.25) is 5.28 Å². The first-order chi connectivity index (χ1) is 9.05. The molecule has 0 fully saturated rings. The first-order valence-electron chi connectivity index (χ1n) is 5.69. The zero-order valence-corrected chi connectivity index (χ0v) is 11.7. The number of aliphatic hydroxyl groups is 1. The second kappa shape index (κ2) is 6.55. The summed E-state index contributed by atoms with van der Waals surface area (Å²) in [7, 11) is 0. The Labute approximate surface area is 119 Å². The van der Waals surface area contributed by atoms with E-state index >= 15 is 0 Å². The summed E-state index contributed by atoms with van der Waals surface area (Å²) in [5.41, 5.74) is -0.753. The molecule has 0 saturated carbocycles. The molecule has 0 bridgehead atoms. The number of nitrogens with zero attached hydrogens (tertiary/aromatic N) is 2. The van der Waals surface area contributed by atoms with Gasteiger partial charge in [0.05, 0.1) is 17.9 Å². The summed E-state index contributed by atoms with van der Waals surface area (Å²) >= 11 is 5.67. The van der Waals surface area contributed by atoms with Gasteiger partial charge >= 0.3 is 6.18 Å². The molecule has 5 nitrogen and oxygen atoms in total. The molecule has 0 unspecified atom stereocenters. The monoisotopic (exact) mass is 313 g/mol. The van der Waals surface area contributed by atoms with Gasteiger partial charge in [-0.1, -0.05) is 0 Å². The highest BCUT2D eigenvalue weighted by Gasteiger charge is 2.27. The highest BCUT2D eigenvalue weighted by atomic mass is 35.5. The van der Waals surface area contributed by atoms with Crippen LogP contribution in [0.3, 0.4) is 0 Å². The second-order valence-corrected chi connectivity index (χ2v) is 5.13. The fourth-order valence-electron chi connectivity index (χ4n) is 1.21. The zero-order chi connectivity index (χ0) is 15.4. The summed E-state index contributed by atoms with van der Waals surface area (Å²) in [5.74, 6) is 0.303. The topological polar surface area (TPSA) is 67.3 Å². The minimum Gasteiger partial charge on any atom is -0.389 e. The van der Waals surface area contributed by atoms with Crippen LogP contribution in [-0.2, 0) is 11.3 Å². The van der Waals surface area contributed by atoms with Crippen LogP contribution in [-0.4, -0.2) is 40.0 Å². The summed E-state index contributed by atoms with van der Waals surface area (Å²) in [5, 5.41) is 12.3.